The van der Waals surface area contributed by atoms with Gasteiger partial charge in [-0.15, -0.1) is 23.7 Å². The van der Waals surface area contributed by atoms with E-state index >= 15 is 0 Å². The Morgan fingerprint density at radius 2 is 2.03 bits per heavy atom. The number of nitrogens with zero attached hydrogens (tertiary/aromatic N) is 5. The molecular weight excluding hydrogens is 517 g/mol. The molecule has 0 atom stereocenters. The van der Waals surface area contributed by atoms with Crippen LogP contribution in [0.25, 0.3) is 20.3 Å². The van der Waals surface area contributed by atoms with Crippen LogP contribution in [0.15, 0.2) is 61.2 Å². The third kappa shape index (κ3) is 4.76. The highest BCUT2D eigenvalue weighted by Gasteiger charge is 2.24. The maximum Gasteiger partial charge on any atom is 0.270 e. The molecule has 2 aromatic carbocycles. The van der Waals surface area contributed by atoms with E-state index in [4.69, 9.17) is 11.6 Å². The van der Waals surface area contributed by atoms with Gasteiger partial charge in [0.1, 0.15) is 5.52 Å². The van der Waals surface area contributed by atoms with E-state index in [0.29, 0.717) is 45.4 Å². The minimum Gasteiger partial charge on any atom is -0.337 e. The smallest absolute Gasteiger partial charge is 0.270 e. The number of halogens is 2. The van der Waals surface area contributed by atoms with Crippen LogP contribution < -0.4 is 4.90 Å². The first-order valence-corrected chi connectivity index (χ1v) is 12.0. The van der Waals surface area contributed by atoms with Crippen LogP contribution in [-0.4, -0.2) is 31.9 Å². The van der Waals surface area contributed by atoms with Crippen LogP contribution >= 0.6 is 46.7 Å². The van der Waals surface area contributed by atoms with Crippen LogP contribution in [0.3, 0.4) is 0 Å². The zero-order valence-electron chi connectivity index (χ0n) is 17.5. The lowest BCUT2D eigenvalue weighted by atomic mass is 10.2. The van der Waals surface area contributed by atoms with Crippen molar-refractivity contribution in [3.05, 3.63) is 81.2 Å². The molecule has 0 aliphatic rings. The molecule has 0 aliphatic heterocycles. The second kappa shape index (κ2) is 10.1. The van der Waals surface area contributed by atoms with Crippen LogP contribution in [0.5, 0.6) is 0 Å². The Hall–Kier alpha value is -3.05. The quantitative estimate of drug-likeness (QED) is 0.177. The van der Waals surface area contributed by atoms with Crippen molar-refractivity contribution in [2.75, 3.05) is 11.4 Å². The second-order valence-corrected chi connectivity index (χ2v) is 9.78. The molecule has 0 aliphatic carbocycles. The van der Waals surface area contributed by atoms with E-state index in [0.717, 1.165) is 9.40 Å². The van der Waals surface area contributed by atoms with Crippen molar-refractivity contribution in [2.45, 2.75) is 13.0 Å². The normalized spacial score (nSPS) is 11.0. The number of rotatable bonds is 7. The van der Waals surface area contributed by atoms with E-state index in [1.54, 1.807) is 35.6 Å². The van der Waals surface area contributed by atoms with Crippen molar-refractivity contribution in [3.8, 4) is 0 Å². The summed E-state index contributed by atoms with van der Waals surface area (Å²) in [6, 6.07) is 11.9. The van der Waals surface area contributed by atoms with Gasteiger partial charge in [-0.25, -0.2) is 9.97 Å². The molecule has 0 spiro atoms. The number of anilines is 1. The molecule has 5 aromatic rings. The zero-order valence-corrected chi connectivity index (χ0v) is 20.7. The zero-order chi connectivity index (χ0) is 22.9. The van der Waals surface area contributed by atoms with Crippen molar-refractivity contribution < 1.29 is 9.72 Å². The Kier molecular flexibility index (Phi) is 7.13. The van der Waals surface area contributed by atoms with Gasteiger partial charge in [0, 0.05) is 47.7 Å². The van der Waals surface area contributed by atoms with Crippen LogP contribution in [0.4, 0.5) is 10.8 Å². The molecule has 8 nitrogen and oxygen atoms in total. The number of aryl methyl sites for hydroxylation is 1. The average Bonchev–Trinajstić information content (AvgIpc) is 3.55. The van der Waals surface area contributed by atoms with E-state index < -0.39 is 4.92 Å². The molecular formula is C22H17Cl2N5O3S2. The minimum atomic E-state index is -0.439. The van der Waals surface area contributed by atoms with E-state index in [1.165, 1.54) is 34.8 Å². The van der Waals surface area contributed by atoms with Gasteiger partial charge < -0.3 is 4.57 Å². The predicted octanol–water partition coefficient (Wildman–Crippen LogP) is 6.43. The largest absolute Gasteiger partial charge is 0.337 e. The second-order valence-electron chi connectivity index (χ2n) is 7.28. The lowest BCUT2D eigenvalue weighted by Crippen LogP contribution is -2.31. The van der Waals surface area contributed by atoms with E-state index in [1.807, 2.05) is 22.9 Å². The standard InChI is InChI=1S/C22H16ClN5O3S2.ClH/c23-16-3-1-4-18-20(16)25-22(33-18)27(9-2-8-26-10-7-24-13-26)21(29)19-12-14-11-15(28(30)31)5-6-17(14)32-19;/h1,3-7,10-13H,2,8-9H2;1H. The van der Waals surface area contributed by atoms with Crippen LogP contribution in [0.1, 0.15) is 16.1 Å². The van der Waals surface area contributed by atoms with Gasteiger partial charge in [0.25, 0.3) is 11.6 Å². The molecule has 0 unspecified atom stereocenters. The number of carbonyl (C=O) groups is 1. The SMILES string of the molecule is Cl.O=C(c1cc2cc([N+](=O)[O-])ccc2s1)N(CCCn1ccnc1)c1nc2c(Cl)cccc2s1. The summed E-state index contributed by atoms with van der Waals surface area (Å²) in [5.41, 5.74) is 0.663. The summed E-state index contributed by atoms with van der Waals surface area (Å²) in [5.74, 6) is -0.195. The Morgan fingerprint density at radius 3 is 2.76 bits per heavy atom. The lowest BCUT2D eigenvalue weighted by Gasteiger charge is -2.19. The maximum absolute atomic E-state index is 13.6. The highest BCUT2D eigenvalue weighted by molar-refractivity contribution is 7.23. The maximum atomic E-state index is 13.6. The van der Waals surface area contributed by atoms with E-state index in [2.05, 4.69) is 9.97 Å². The Labute approximate surface area is 213 Å². The number of non-ortho nitro benzene ring substituents is 1. The molecule has 34 heavy (non-hydrogen) atoms. The van der Waals surface area contributed by atoms with E-state index in [-0.39, 0.29) is 24.0 Å². The summed E-state index contributed by atoms with van der Waals surface area (Å²) in [6.07, 6.45) is 6.03. The lowest BCUT2D eigenvalue weighted by molar-refractivity contribution is -0.384. The summed E-state index contributed by atoms with van der Waals surface area (Å²) in [4.78, 5) is 35.2. The van der Waals surface area contributed by atoms with Gasteiger partial charge >= 0.3 is 0 Å². The van der Waals surface area contributed by atoms with Crippen LogP contribution in [-0.2, 0) is 6.54 Å². The molecule has 0 fully saturated rings. The van der Waals surface area contributed by atoms with Gasteiger partial charge in [0.05, 0.1) is 25.9 Å². The number of para-hydroxylation sites is 1. The number of benzene rings is 2. The molecule has 0 saturated carbocycles. The number of carbonyl (C=O) groups excluding carboxylic acids is 1. The Balaban J connectivity index is 0.00000274. The van der Waals surface area contributed by atoms with Crippen LogP contribution in [0, 0.1) is 10.1 Å². The first kappa shape index (κ1) is 24.1. The summed E-state index contributed by atoms with van der Waals surface area (Å²) in [7, 11) is 0. The van der Waals surface area contributed by atoms with Crippen molar-refractivity contribution in [2.24, 2.45) is 0 Å². The molecule has 0 radical (unpaired) electrons. The number of hydrogen-bond acceptors (Lipinski definition) is 7. The molecule has 174 valence electrons. The molecule has 3 aromatic heterocycles. The molecule has 1 amide bonds. The van der Waals surface area contributed by atoms with Gasteiger partial charge in [-0.1, -0.05) is 29.0 Å². The summed E-state index contributed by atoms with van der Waals surface area (Å²) in [6.45, 7) is 1.15. The Bertz CT molecular complexity index is 1480. The number of nitro benzene ring substituents is 1. The molecule has 12 heteroatoms. The van der Waals surface area contributed by atoms with Crippen molar-refractivity contribution in [1.82, 2.24) is 14.5 Å². The van der Waals surface area contributed by atoms with Crippen molar-refractivity contribution in [3.63, 3.8) is 0 Å². The first-order valence-electron chi connectivity index (χ1n) is 10.0. The fourth-order valence-corrected chi connectivity index (χ4v) is 5.80. The molecule has 5 rings (SSSR count). The average molecular weight is 534 g/mol. The molecule has 0 N–H and O–H groups in total. The monoisotopic (exact) mass is 533 g/mol. The summed E-state index contributed by atoms with van der Waals surface area (Å²) < 4.78 is 3.67. The van der Waals surface area contributed by atoms with Crippen molar-refractivity contribution >= 4 is 83.7 Å². The predicted molar refractivity (Wildman–Crippen MR) is 139 cm³/mol. The topological polar surface area (TPSA) is 94.2 Å². The van der Waals surface area contributed by atoms with Crippen LogP contribution in [0.2, 0.25) is 5.02 Å². The molecule has 0 saturated heterocycles. The fourth-order valence-electron chi connectivity index (χ4n) is 3.52. The number of thiophene rings is 1. The number of amides is 1. The third-order valence-corrected chi connectivity index (χ3v) is 7.57. The van der Waals surface area contributed by atoms with Crippen molar-refractivity contribution in [1.29, 1.82) is 0 Å². The highest BCUT2D eigenvalue weighted by atomic mass is 35.5. The van der Waals surface area contributed by atoms with E-state index in [9.17, 15) is 14.9 Å². The van der Waals surface area contributed by atoms with Gasteiger partial charge in [-0.2, -0.15) is 0 Å². The minimum absolute atomic E-state index is 0. The fraction of sp³-hybridized carbons (Fsp3) is 0.136. The van der Waals surface area contributed by atoms with Gasteiger partial charge in [0.2, 0.25) is 0 Å². The van der Waals surface area contributed by atoms with Gasteiger partial charge in [-0.3, -0.25) is 19.8 Å². The third-order valence-electron chi connectivity index (χ3n) is 5.11. The molecule has 3 heterocycles. The summed E-state index contributed by atoms with van der Waals surface area (Å²) >= 11 is 9.04. The number of aromatic nitrogens is 3. The Morgan fingerprint density at radius 1 is 1.18 bits per heavy atom. The number of fused-ring (bicyclic) bond motifs is 2. The number of nitro groups is 1. The summed E-state index contributed by atoms with van der Waals surface area (Å²) in [5, 5.41) is 12.9. The molecule has 0 bridgehead atoms. The number of thiazole rings is 1. The number of imidazole rings is 1. The van der Waals surface area contributed by atoms with Gasteiger partial charge in [0.15, 0.2) is 5.13 Å². The number of hydrogen-bond donors (Lipinski definition) is 0. The first-order chi connectivity index (χ1) is 16.0. The van der Waals surface area contributed by atoms with Gasteiger partial charge in [-0.05, 0) is 30.7 Å². The highest BCUT2D eigenvalue weighted by Crippen LogP contribution is 2.35.